The maximum atomic E-state index is 11.3. The van der Waals surface area contributed by atoms with Gasteiger partial charge in [-0.15, -0.1) is 0 Å². The molecule has 1 atom stereocenters. The van der Waals surface area contributed by atoms with Gasteiger partial charge in [-0.1, -0.05) is 30.0 Å². The Labute approximate surface area is 120 Å². The monoisotopic (exact) mass is 282 g/mol. The Morgan fingerprint density at radius 3 is 2.85 bits per heavy atom. The van der Waals surface area contributed by atoms with Gasteiger partial charge in [-0.05, 0) is 29.8 Å². The molecule has 0 fully saturated rings. The first-order valence-corrected chi connectivity index (χ1v) is 6.86. The van der Waals surface area contributed by atoms with Gasteiger partial charge < -0.3 is 10.4 Å². The molecule has 98 valence electrons. The highest BCUT2D eigenvalue weighted by molar-refractivity contribution is 8.00. The van der Waals surface area contributed by atoms with Crippen LogP contribution in [0.2, 0.25) is 0 Å². The maximum absolute atomic E-state index is 11.3. The normalized spacial score (nSPS) is 16.1. The van der Waals surface area contributed by atoms with Crippen molar-refractivity contribution in [3.05, 3.63) is 59.2 Å². The first-order valence-electron chi connectivity index (χ1n) is 5.98. The van der Waals surface area contributed by atoms with Crippen LogP contribution in [0.4, 0.5) is 5.69 Å². The second-order valence-electron chi connectivity index (χ2n) is 4.36. The number of thioether (sulfide) groups is 1. The topological polar surface area (TPSA) is 73.1 Å². The Morgan fingerprint density at radius 2 is 2.10 bits per heavy atom. The fourth-order valence-corrected chi connectivity index (χ4v) is 3.39. The first kappa shape index (κ1) is 12.6. The van der Waals surface area contributed by atoms with E-state index in [2.05, 4.69) is 11.4 Å². The lowest BCUT2D eigenvalue weighted by Crippen LogP contribution is -2.08. The van der Waals surface area contributed by atoms with E-state index in [1.807, 2.05) is 24.3 Å². The zero-order chi connectivity index (χ0) is 14.1. The van der Waals surface area contributed by atoms with Crippen molar-refractivity contribution >= 4 is 23.4 Å². The number of carbonyl (C=O) groups is 1. The van der Waals surface area contributed by atoms with Crippen LogP contribution in [0.25, 0.3) is 0 Å². The van der Waals surface area contributed by atoms with Crippen molar-refractivity contribution in [2.24, 2.45) is 0 Å². The maximum Gasteiger partial charge on any atom is 0.336 e. The lowest BCUT2D eigenvalue weighted by atomic mass is 10.1. The molecule has 0 amide bonds. The number of hydrogen-bond acceptors (Lipinski definition) is 4. The molecule has 0 aromatic heterocycles. The van der Waals surface area contributed by atoms with Crippen LogP contribution in [0.1, 0.15) is 26.9 Å². The molecule has 20 heavy (non-hydrogen) atoms. The van der Waals surface area contributed by atoms with Crippen LogP contribution in [-0.2, 0) is 0 Å². The molecule has 0 saturated carbocycles. The summed E-state index contributed by atoms with van der Waals surface area (Å²) in [5.74, 6) is -0.934. The molecular formula is C15H10N2O2S. The van der Waals surface area contributed by atoms with Crippen LogP contribution in [0.5, 0.6) is 0 Å². The highest BCUT2D eigenvalue weighted by atomic mass is 32.2. The summed E-state index contributed by atoms with van der Waals surface area (Å²) in [6, 6.07) is 14.5. The van der Waals surface area contributed by atoms with Gasteiger partial charge in [0.1, 0.15) is 5.37 Å². The van der Waals surface area contributed by atoms with Crippen molar-refractivity contribution in [3.63, 3.8) is 0 Å². The van der Waals surface area contributed by atoms with Gasteiger partial charge in [0.25, 0.3) is 0 Å². The predicted octanol–water partition coefficient (Wildman–Crippen LogP) is 3.47. The van der Waals surface area contributed by atoms with E-state index in [0.717, 1.165) is 16.1 Å². The quantitative estimate of drug-likeness (QED) is 0.882. The molecule has 0 bridgehead atoms. The zero-order valence-corrected chi connectivity index (χ0v) is 11.1. The van der Waals surface area contributed by atoms with Crippen LogP contribution in [0.3, 0.4) is 0 Å². The number of aromatic carboxylic acids is 1. The molecule has 1 unspecified atom stereocenters. The third kappa shape index (κ3) is 2.10. The third-order valence-corrected chi connectivity index (χ3v) is 4.31. The highest BCUT2D eigenvalue weighted by Crippen LogP contribution is 2.47. The van der Waals surface area contributed by atoms with E-state index in [9.17, 15) is 9.90 Å². The largest absolute Gasteiger partial charge is 0.478 e. The predicted molar refractivity (Wildman–Crippen MR) is 76.8 cm³/mol. The molecule has 0 radical (unpaired) electrons. The fourth-order valence-electron chi connectivity index (χ4n) is 2.17. The number of carboxylic acid groups (broad SMARTS) is 1. The Morgan fingerprint density at radius 1 is 1.30 bits per heavy atom. The van der Waals surface area contributed by atoms with Crippen molar-refractivity contribution in [2.45, 2.75) is 10.3 Å². The zero-order valence-electron chi connectivity index (χ0n) is 10.3. The molecule has 2 aromatic rings. The molecule has 2 aromatic carbocycles. The molecule has 2 N–H and O–H groups in total. The number of hydrogen-bond donors (Lipinski definition) is 2. The highest BCUT2D eigenvalue weighted by Gasteiger charge is 2.26. The Balaban J connectivity index is 1.96. The molecule has 4 nitrogen and oxygen atoms in total. The molecule has 0 aliphatic carbocycles. The van der Waals surface area contributed by atoms with E-state index in [1.165, 1.54) is 11.8 Å². The van der Waals surface area contributed by atoms with Crippen LogP contribution >= 0.6 is 11.8 Å². The summed E-state index contributed by atoms with van der Waals surface area (Å²) in [6.45, 7) is 0. The summed E-state index contributed by atoms with van der Waals surface area (Å²) >= 11 is 1.52. The van der Waals surface area contributed by atoms with E-state index in [1.54, 1.807) is 18.2 Å². The molecule has 1 aliphatic rings. The minimum atomic E-state index is -0.934. The number of fused-ring (bicyclic) bond motifs is 1. The molecule has 1 aliphatic heterocycles. The van der Waals surface area contributed by atoms with Crippen molar-refractivity contribution < 1.29 is 9.90 Å². The lowest BCUT2D eigenvalue weighted by Gasteiger charge is -2.13. The van der Waals surface area contributed by atoms with Gasteiger partial charge in [-0.3, -0.25) is 0 Å². The Kier molecular flexibility index (Phi) is 3.09. The third-order valence-electron chi connectivity index (χ3n) is 3.12. The second kappa shape index (κ2) is 4.91. The molecule has 3 rings (SSSR count). The minimum absolute atomic E-state index is 0.147. The summed E-state index contributed by atoms with van der Waals surface area (Å²) in [4.78, 5) is 12.2. The smallest absolute Gasteiger partial charge is 0.336 e. The van der Waals surface area contributed by atoms with Crippen LogP contribution in [0.15, 0.2) is 47.4 Å². The van der Waals surface area contributed by atoms with E-state index >= 15 is 0 Å². The summed E-state index contributed by atoms with van der Waals surface area (Å²) in [5, 5.41) is 21.3. The molecule has 0 spiro atoms. The van der Waals surface area contributed by atoms with Gasteiger partial charge in [0.05, 0.1) is 17.2 Å². The van der Waals surface area contributed by atoms with Crippen molar-refractivity contribution in [3.8, 4) is 6.07 Å². The van der Waals surface area contributed by atoms with E-state index in [4.69, 9.17) is 5.26 Å². The average molecular weight is 282 g/mol. The van der Waals surface area contributed by atoms with E-state index in [0.29, 0.717) is 11.1 Å². The summed E-state index contributed by atoms with van der Waals surface area (Å²) in [6.07, 6.45) is 0. The van der Waals surface area contributed by atoms with Crippen molar-refractivity contribution in [1.29, 1.82) is 5.26 Å². The van der Waals surface area contributed by atoms with Crippen LogP contribution in [-0.4, -0.2) is 11.1 Å². The van der Waals surface area contributed by atoms with Crippen LogP contribution < -0.4 is 5.32 Å². The number of rotatable bonds is 2. The van der Waals surface area contributed by atoms with Gasteiger partial charge >= 0.3 is 5.97 Å². The first-order chi connectivity index (χ1) is 9.69. The summed E-state index contributed by atoms with van der Waals surface area (Å²) in [7, 11) is 0. The van der Waals surface area contributed by atoms with Crippen molar-refractivity contribution in [1.82, 2.24) is 0 Å². The minimum Gasteiger partial charge on any atom is -0.478 e. The fraction of sp³-hybridized carbons (Fsp3) is 0.0667. The number of carboxylic acids is 1. The molecule has 5 heteroatoms. The second-order valence-corrected chi connectivity index (χ2v) is 5.50. The number of nitrogens with zero attached hydrogens (tertiary/aromatic N) is 1. The summed E-state index contributed by atoms with van der Waals surface area (Å²) < 4.78 is 0. The summed E-state index contributed by atoms with van der Waals surface area (Å²) in [5.41, 5.74) is 2.56. The standard InChI is InChI=1S/C15H10N2O2S/c16-8-9-5-6-12-13(7-9)20-14(17-12)10-3-1-2-4-11(10)15(18)19/h1-7,14,17H,(H,18,19). The SMILES string of the molecule is N#Cc1ccc2c(c1)SC(c1ccccc1C(=O)O)N2. The number of nitriles is 1. The van der Waals surface area contributed by atoms with E-state index in [-0.39, 0.29) is 5.37 Å². The molecule has 1 heterocycles. The average Bonchev–Trinajstić information content (AvgIpc) is 2.89. The number of benzene rings is 2. The Hall–Kier alpha value is -2.45. The lowest BCUT2D eigenvalue weighted by molar-refractivity contribution is 0.0695. The molecular weight excluding hydrogens is 272 g/mol. The van der Waals surface area contributed by atoms with E-state index < -0.39 is 5.97 Å². The van der Waals surface area contributed by atoms with Gasteiger partial charge in [0, 0.05) is 10.6 Å². The van der Waals surface area contributed by atoms with Crippen molar-refractivity contribution in [2.75, 3.05) is 5.32 Å². The molecule has 0 saturated heterocycles. The van der Waals surface area contributed by atoms with Gasteiger partial charge in [-0.25, -0.2) is 4.79 Å². The van der Waals surface area contributed by atoms with Gasteiger partial charge in [0.15, 0.2) is 0 Å². The number of nitrogens with one attached hydrogen (secondary N) is 1. The van der Waals surface area contributed by atoms with Crippen LogP contribution in [0, 0.1) is 11.3 Å². The number of anilines is 1. The van der Waals surface area contributed by atoms with Gasteiger partial charge in [-0.2, -0.15) is 5.26 Å². The van der Waals surface area contributed by atoms with Gasteiger partial charge in [0.2, 0.25) is 0 Å². The Bertz CT molecular complexity index is 737.